The van der Waals surface area contributed by atoms with Crippen molar-refractivity contribution in [3.8, 4) is 0 Å². The lowest BCUT2D eigenvalue weighted by molar-refractivity contribution is -0.123. The molecule has 0 atom stereocenters. The summed E-state index contributed by atoms with van der Waals surface area (Å²) >= 11 is 1.58. The van der Waals surface area contributed by atoms with E-state index in [0.29, 0.717) is 23.5 Å². The van der Waals surface area contributed by atoms with Crippen molar-refractivity contribution < 1.29 is 4.79 Å². The Labute approximate surface area is 101 Å². The molecule has 0 spiro atoms. The molecule has 0 amide bonds. The molecule has 1 aliphatic rings. The maximum atomic E-state index is 12.1. The van der Waals surface area contributed by atoms with Crippen molar-refractivity contribution in [2.24, 2.45) is 11.3 Å². The summed E-state index contributed by atoms with van der Waals surface area (Å²) in [6.45, 7) is 4.60. The average molecular weight is 237 g/mol. The molecule has 2 nitrogen and oxygen atoms in total. The molecular weight excluding hydrogens is 218 g/mol. The fourth-order valence-corrected chi connectivity index (χ4v) is 2.97. The maximum Gasteiger partial charge on any atom is 0.141 e. The van der Waals surface area contributed by atoms with Crippen molar-refractivity contribution >= 4 is 17.1 Å². The highest BCUT2D eigenvalue weighted by atomic mass is 32.1. The first kappa shape index (κ1) is 11.8. The summed E-state index contributed by atoms with van der Waals surface area (Å²) in [5, 5.41) is 0. The SMILES string of the molecule is CC1(C)CCC(C(=O)Cc2cncs2)CC1. The number of aromatic nitrogens is 1. The van der Waals surface area contributed by atoms with Crippen LogP contribution in [0.2, 0.25) is 0 Å². The Kier molecular flexibility index (Phi) is 3.43. The molecule has 1 aromatic rings. The number of thiazole rings is 1. The van der Waals surface area contributed by atoms with Gasteiger partial charge in [0.25, 0.3) is 0 Å². The van der Waals surface area contributed by atoms with Crippen LogP contribution in [0.4, 0.5) is 0 Å². The third-order valence-corrected chi connectivity index (χ3v) is 4.41. The van der Waals surface area contributed by atoms with Crippen LogP contribution in [0, 0.1) is 11.3 Å². The van der Waals surface area contributed by atoms with Crippen molar-refractivity contribution in [3.63, 3.8) is 0 Å². The second kappa shape index (κ2) is 4.66. The van der Waals surface area contributed by atoms with E-state index in [2.05, 4.69) is 18.8 Å². The van der Waals surface area contributed by atoms with Gasteiger partial charge in [0.05, 0.1) is 5.51 Å². The Bertz CT molecular complexity index is 346. The second-order valence-electron chi connectivity index (χ2n) is 5.55. The number of nitrogens with zero attached hydrogens (tertiary/aromatic N) is 1. The lowest BCUT2D eigenvalue weighted by Gasteiger charge is -2.33. The van der Waals surface area contributed by atoms with Crippen molar-refractivity contribution in [3.05, 3.63) is 16.6 Å². The lowest BCUT2D eigenvalue weighted by Crippen LogP contribution is -2.27. The molecule has 0 N–H and O–H groups in total. The third-order valence-electron chi connectivity index (χ3n) is 3.63. The van der Waals surface area contributed by atoms with E-state index >= 15 is 0 Å². The zero-order valence-electron chi connectivity index (χ0n) is 10.0. The normalized spacial score (nSPS) is 20.9. The maximum absolute atomic E-state index is 12.1. The van der Waals surface area contributed by atoms with Gasteiger partial charge >= 0.3 is 0 Å². The molecule has 0 bridgehead atoms. The lowest BCUT2D eigenvalue weighted by atomic mass is 9.72. The van der Waals surface area contributed by atoms with E-state index < -0.39 is 0 Å². The highest BCUT2D eigenvalue weighted by Gasteiger charge is 2.30. The van der Waals surface area contributed by atoms with Crippen LogP contribution in [0.1, 0.15) is 44.4 Å². The quantitative estimate of drug-likeness (QED) is 0.805. The fourth-order valence-electron chi connectivity index (χ4n) is 2.37. The number of hydrogen-bond acceptors (Lipinski definition) is 3. The topological polar surface area (TPSA) is 30.0 Å². The molecule has 0 unspecified atom stereocenters. The Morgan fingerprint density at radius 1 is 1.50 bits per heavy atom. The molecule has 88 valence electrons. The van der Waals surface area contributed by atoms with E-state index in [0.717, 1.165) is 17.7 Å². The first-order chi connectivity index (χ1) is 7.57. The predicted molar refractivity (Wildman–Crippen MR) is 66.6 cm³/mol. The van der Waals surface area contributed by atoms with Gasteiger partial charge in [-0.25, -0.2) is 0 Å². The molecule has 1 aromatic heterocycles. The van der Waals surface area contributed by atoms with Crippen molar-refractivity contribution in [1.82, 2.24) is 4.98 Å². The average Bonchev–Trinajstić information content (AvgIpc) is 2.70. The third kappa shape index (κ3) is 2.91. The van der Waals surface area contributed by atoms with Crippen molar-refractivity contribution in [2.45, 2.75) is 46.0 Å². The standard InChI is InChI=1S/C13H19NOS/c1-13(2)5-3-10(4-6-13)12(15)7-11-8-14-9-16-11/h8-10H,3-7H2,1-2H3. The Balaban J connectivity index is 1.87. The minimum Gasteiger partial charge on any atom is -0.299 e. The van der Waals surface area contributed by atoms with E-state index in [4.69, 9.17) is 0 Å². The molecule has 0 aliphatic heterocycles. The van der Waals surface area contributed by atoms with Crippen molar-refractivity contribution in [1.29, 1.82) is 0 Å². The minimum atomic E-state index is 0.301. The highest BCUT2D eigenvalue weighted by molar-refractivity contribution is 7.09. The van der Waals surface area contributed by atoms with Gasteiger partial charge in [-0.05, 0) is 31.1 Å². The molecule has 0 radical (unpaired) electrons. The van der Waals surface area contributed by atoms with Gasteiger partial charge in [-0.2, -0.15) is 0 Å². The van der Waals surface area contributed by atoms with Crippen LogP contribution in [0.5, 0.6) is 0 Å². The van der Waals surface area contributed by atoms with Crippen LogP contribution in [0.15, 0.2) is 11.7 Å². The van der Waals surface area contributed by atoms with Gasteiger partial charge in [-0.15, -0.1) is 11.3 Å². The van der Waals surface area contributed by atoms with Gasteiger partial charge in [0, 0.05) is 23.4 Å². The van der Waals surface area contributed by atoms with Gasteiger partial charge in [-0.1, -0.05) is 13.8 Å². The van der Waals surface area contributed by atoms with Crippen LogP contribution in [0.25, 0.3) is 0 Å². The van der Waals surface area contributed by atoms with Crippen LogP contribution in [-0.2, 0) is 11.2 Å². The first-order valence-electron chi connectivity index (χ1n) is 5.97. The van der Waals surface area contributed by atoms with Gasteiger partial charge < -0.3 is 0 Å². The summed E-state index contributed by atoms with van der Waals surface area (Å²) in [6, 6.07) is 0. The zero-order valence-corrected chi connectivity index (χ0v) is 10.8. The summed E-state index contributed by atoms with van der Waals surface area (Å²) in [5.41, 5.74) is 2.24. The number of rotatable bonds is 3. The molecule has 16 heavy (non-hydrogen) atoms. The van der Waals surface area contributed by atoms with E-state index in [1.165, 1.54) is 12.8 Å². The molecular formula is C13H19NOS. The van der Waals surface area contributed by atoms with E-state index in [1.54, 1.807) is 16.8 Å². The minimum absolute atomic E-state index is 0.301. The van der Waals surface area contributed by atoms with Crippen LogP contribution >= 0.6 is 11.3 Å². The molecule has 2 rings (SSSR count). The van der Waals surface area contributed by atoms with Gasteiger partial charge in [-0.3, -0.25) is 9.78 Å². The summed E-state index contributed by atoms with van der Waals surface area (Å²) in [6.07, 6.45) is 6.93. The Morgan fingerprint density at radius 2 is 2.19 bits per heavy atom. The van der Waals surface area contributed by atoms with Crippen LogP contribution < -0.4 is 0 Å². The molecule has 1 saturated carbocycles. The largest absolute Gasteiger partial charge is 0.299 e. The number of ketones is 1. The predicted octanol–water partition coefficient (Wildman–Crippen LogP) is 3.47. The monoisotopic (exact) mass is 237 g/mol. The van der Waals surface area contributed by atoms with E-state index in [9.17, 15) is 4.79 Å². The Morgan fingerprint density at radius 3 is 2.75 bits per heavy atom. The summed E-state index contributed by atoms with van der Waals surface area (Å²) < 4.78 is 0. The van der Waals surface area contributed by atoms with Crippen molar-refractivity contribution in [2.75, 3.05) is 0 Å². The first-order valence-corrected chi connectivity index (χ1v) is 6.85. The number of hydrogen-bond donors (Lipinski definition) is 0. The smallest absolute Gasteiger partial charge is 0.141 e. The van der Waals surface area contributed by atoms with Gasteiger partial charge in [0.15, 0.2) is 0 Å². The number of Topliss-reactive ketones (excluding diaryl/α,β-unsaturated/α-hetero) is 1. The Hall–Kier alpha value is -0.700. The molecule has 1 heterocycles. The fraction of sp³-hybridized carbons (Fsp3) is 0.692. The second-order valence-corrected chi connectivity index (χ2v) is 6.52. The van der Waals surface area contributed by atoms with E-state index in [-0.39, 0.29) is 0 Å². The van der Waals surface area contributed by atoms with Gasteiger partial charge in [0.1, 0.15) is 5.78 Å². The van der Waals surface area contributed by atoms with Gasteiger partial charge in [0.2, 0.25) is 0 Å². The van der Waals surface area contributed by atoms with Crippen LogP contribution in [-0.4, -0.2) is 10.8 Å². The molecule has 3 heteroatoms. The zero-order chi connectivity index (χ0) is 11.6. The summed E-state index contributed by atoms with van der Waals surface area (Å²) in [4.78, 5) is 17.2. The number of carbonyl (C=O) groups excluding carboxylic acids is 1. The highest BCUT2D eigenvalue weighted by Crippen LogP contribution is 2.38. The number of carbonyl (C=O) groups is 1. The molecule has 1 aliphatic carbocycles. The summed E-state index contributed by atoms with van der Waals surface area (Å²) in [7, 11) is 0. The molecule has 1 fully saturated rings. The van der Waals surface area contributed by atoms with E-state index in [1.807, 2.05) is 6.20 Å². The molecule has 0 saturated heterocycles. The summed E-state index contributed by atoms with van der Waals surface area (Å²) in [5.74, 6) is 0.717. The van der Waals surface area contributed by atoms with Crippen LogP contribution in [0.3, 0.4) is 0 Å². The molecule has 0 aromatic carbocycles.